The Kier molecular flexibility index (Phi) is 5.46. The minimum atomic E-state index is -3.68. The van der Waals surface area contributed by atoms with E-state index in [9.17, 15) is 13.2 Å². The van der Waals surface area contributed by atoms with E-state index in [4.69, 9.17) is 9.47 Å². The summed E-state index contributed by atoms with van der Waals surface area (Å²) in [7, 11) is -3.68. The Balaban J connectivity index is 1.39. The Hall–Kier alpha value is -3.52. The molecular weight excluding hydrogens is 440 g/mol. The molecule has 5 rings (SSSR count). The summed E-state index contributed by atoms with van der Waals surface area (Å²) < 4.78 is 39.1. The van der Waals surface area contributed by atoms with E-state index < -0.39 is 10.0 Å². The summed E-state index contributed by atoms with van der Waals surface area (Å²) in [6.45, 7) is 3.30. The molecule has 0 saturated heterocycles. The van der Waals surface area contributed by atoms with Gasteiger partial charge in [-0.1, -0.05) is 17.7 Å². The summed E-state index contributed by atoms with van der Waals surface area (Å²) in [6, 6.07) is 17.3. The minimum absolute atomic E-state index is 0.265. The lowest BCUT2D eigenvalue weighted by atomic mass is 10.0. The SMILES string of the molecule is Cc1ccc(S(=O)(=O)N2CCCc3cc(C(=O)Nc4ccc5c(c4)OCCO5)ccc32)cc1. The number of rotatable bonds is 4. The second kappa shape index (κ2) is 8.44. The third-order valence-corrected chi connectivity index (χ3v) is 7.65. The van der Waals surface area contributed by atoms with Gasteiger partial charge in [0.25, 0.3) is 15.9 Å². The van der Waals surface area contributed by atoms with Crippen LogP contribution in [-0.4, -0.2) is 34.1 Å². The molecule has 3 aromatic rings. The molecule has 33 heavy (non-hydrogen) atoms. The first-order valence-electron chi connectivity index (χ1n) is 10.9. The molecule has 0 spiro atoms. The van der Waals surface area contributed by atoms with Gasteiger partial charge in [0.1, 0.15) is 13.2 Å². The number of nitrogens with zero attached hydrogens (tertiary/aromatic N) is 1. The van der Waals surface area contributed by atoms with E-state index in [0.29, 0.717) is 61.0 Å². The predicted molar refractivity (Wildman–Crippen MR) is 126 cm³/mol. The van der Waals surface area contributed by atoms with Gasteiger partial charge in [0.05, 0.1) is 10.6 Å². The number of amides is 1. The number of sulfonamides is 1. The number of hydrogen-bond acceptors (Lipinski definition) is 5. The molecular formula is C25H24N2O5S. The maximum absolute atomic E-state index is 13.3. The molecule has 0 aliphatic carbocycles. The molecule has 3 aromatic carbocycles. The molecule has 8 heteroatoms. The number of aryl methyl sites for hydroxylation is 2. The number of carbonyl (C=O) groups is 1. The zero-order chi connectivity index (χ0) is 23.0. The molecule has 2 heterocycles. The predicted octanol–water partition coefficient (Wildman–Crippen LogP) is 4.16. The van der Waals surface area contributed by atoms with Gasteiger partial charge in [-0.05, 0) is 67.8 Å². The average Bonchev–Trinajstić information content (AvgIpc) is 2.83. The Bertz CT molecular complexity index is 1320. The van der Waals surface area contributed by atoms with E-state index >= 15 is 0 Å². The molecule has 0 aromatic heterocycles. The molecule has 0 atom stereocenters. The summed E-state index contributed by atoms with van der Waals surface area (Å²) in [5.74, 6) is 0.984. The van der Waals surface area contributed by atoms with Crippen molar-refractivity contribution < 1.29 is 22.7 Å². The van der Waals surface area contributed by atoms with Gasteiger partial charge in [-0.2, -0.15) is 0 Å². The number of ether oxygens (including phenoxy) is 2. The van der Waals surface area contributed by atoms with Crippen LogP contribution in [0.3, 0.4) is 0 Å². The zero-order valence-corrected chi connectivity index (χ0v) is 19.0. The molecule has 0 unspecified atom stereocenters. The van der Waals surface area contributed by atoms with Crippen molar-refractivity contribution in [2.45, 2.75) is 24.7 Å². The fourth-order valence-electron chi connectivity index (χ4n) is 4.12. The van der Waals surface area contributed by atoms with Crippen LogP contribution in [0.2, 0.25) is 0 Å². The van der Waals surface area contributed by atoms with Crippen LogP contribution in [0.4, 0.5) is 11.4 Å². The highest BCUT2D eigenvalue weighted by molar-refractivity contribution is 7.92. The van der Waals surface area contributed by atoms with E-state index in [0.717, 1.165) is 11.1 Å². The summed E-state index contributed by atoms with van der Waals surface area (Å²) >= 11 is 0. The van der Waals surface area contributed by atoms with Crippen LogP contribution >= 0.6 is 0 Å². The highest BCUT2D eigenvalue weighted by atomic mass is 32.2. The lowest BCUT2D eigenvalue weighted by molar-refractivity contribution is 0.102. The van der Waals surface area contributed by atoms with Crippen LogP contribution < -0.4 is 19.1 Å². The Morgan fingerprint density at radius 2 is 1.70 bits per heavy atom. The van der Waals surface area contributed by atoms with Crippen molar-refractivity contribution in [1.29, 1.82) is 0 Å². The zero-order valence-electron chi connectivity index (χ0n) is 18.2. The average molecular weight is 465 g/mol. The van der Waals surface area contributed by atoms with Crippen molar-refractivity contribution in [2.24, 2.45) is 0 Å². The maximum Gasteiger partial charge on any atom is 0.264 e. The number of nitrogens with one attached hydrogen (secondary N) is 1. The normalized spacial score (nSPS) is 15.0. The van der Waals surface area contributed by atoms with Gasteiger partial charge in [0, 0.05) is 23.9 Å². The van der Waals surface area contributed by atoms with Crippen molar-refractivity contribution in [2.75, 3.05) is 29.4 Å². The first-order valence-corrected chi connectivity index (χ1v) is 12.3. The molecule has 7 nitrogen and oxygen atoms in total. The summed E-state index contributed by atoms with van der Waals surface area (Å²) in [4.78, 5) is 13.1. The maximum atomic E-state index is 13.3. The third-order valence-electron chi connectivity index (χ3n) is 5.83. The van der Waals surface area contributed by atoms with Crippen LogP contribution in [0.25, 0.3) is 0 Å². The molecule has 1 amide bonds. The second-order valence-electron chi connectivity index (χ2n) is 8.15. The van der Waals surface area contributed by atoms with E-state index in [2.05, 4.69) is 5.32 Å². The first kappa shape index (κ1) is 21.3. The molecule has 0 saturated carbocycles. The van der Waals surface area contributed by atoms with Gasteiger partial charge in [-0.25, -0.2) is 8.42 Å². The molecule has 1 N–H and O–H groups in total. The van der Waals surface area contributed by atoms with Crippen LogP contribution in [0.15, 0.2) is 65.6 Å². The smallest absolute Gasteiger partial charge is 0.264 e. The van der Waals surface area contributed by atoms with E-state index in [1.54, 1.807) is 60.7 Å². The van der Waals surface area contributed by atoms with Crippen molar-refractivity contribution in [3.63, 3.8) is 0 Å². The first-order chi connectivity index (χ1) is 15.9. The van der Waals surface area contributed by atoms with Gasteiger partial charge in [-0.3, -0.25) is 9.10 Å². The van der Waals surface area contributed by atoms with Gasteiger partial charge >= 0.3 is 0 Å². The summed E-state index contributed by atoms with van der Waals surface area (Å²) in [5.41, 5.74) is 3.54. The number of anilines is 2. The van der Waals surface area contributed by atoms with Crippen LogP contribution in [-0.2, 0) is 16.4 Å². The Labute approximate surface area is 193 Å². The van der Waals surface area contributed by atoms with Crippen molar-refractivity contribution in [1.82, 2.24) is 0 Å². The number of carbonyl (C=O) groups excluding carboxylic acids is 1. The molecule has 170 valence electrons. The van der Waals surface area contributed by atoms with Crippen molar-refractivity contribution in [3.05, 3.63) is 77.4 Å². The van der Waals surface area contributed by atoms with Crippen LogP contribution in [0, 0.1) is 6.92 Å². The lowest BCUT2D eigenvalue weighted by Crippen LogP contribution is -2.35. The van der Waals surface area contributed by atoms with Gasteiger partial charge in [-0.15, -0.1) is 0 Å². The van der Waals surface area contributed by atoms with Gasteiger partial charge in [0.15, 0.2) is 11.5 Å². The third kappa shape index (κ3) is 4.14. The number of hydrogen-bond donors (Lipinski definition) is 1. The van der Waals surface area contributed by atoms with E-state index in [-0.39, 0.29) is 10.8 Å². The highest BCUT2D eigenvalue weighted by Crippen LogP contribution is 2.34. The standard InChI is InChI=1S/C25H24N2O5S/c1-17-4-8-21(9-5-17)33(29,30)27-12-2-3-18-15-19(6-10-22(18)27)25(28)26-20-7-11-23-24(16-20)32-14-13-31-23/h4-11,15-16H,2-3,12-14H2,1H3,(H,26,28). The van der Waals surface area contributed by atoms with Crippen molar-refractivity contribution in [3.8, 4) is 11.5 Å². The monoisotopic (exact) mass is 464 g/mol. The topological polar surface area (TPSA) is 84.9 Å². The molecule has 2 aliphatic heterocycles. The fraction of sp³-hybridized carbons (Fsp3) is 0.240. The molecule has 0 bridgehead atoms. The van der Waals surface area contributed by atoms with E-state index in [1.165, 1.54) is 4.31 Å². The van der Waals surface area contributed by atoms with Crippen LogP contribution in [0.5, 0.6) is 11.5 Å². The summed E-state index contributed by atoms with van der Waals surface area (Å²) in [6.07, 6.45) is 1.39. The lowest BCUT2D eigenvalue weighted by Gasteiger charge is -2.30. The second-order valence-corrected chi connectivity index (χ2v) is 10.0. The minimum Gasteiger partial charge on any atom is -0.486 e. The molecule has 2 aliphatic rings. The summed E-state index contributed by atoms with van der Waals surface area (Å²) in [5, 5.41) is 2.88. The number of benzene rings is 3. The fourth-order valence-corrected chi connectivity index (χ4v) is 5.66. The van der Waals surface area contributed by atoms with Crippen LogP contribution in [0.1, 0.15) is 27.9 Å². The molecule has 0 radical (unpaired) electrons. The quantitative estimate of drug-likeness (QED) is 0.627. The largest absolute Gasteiger partial charge is 0.486 e. The molecule has 0 fully saturated rings. The Morgan fingerprint density at radius 3 is 2.48 bits per heavy atom. The van der Waals surface area contributed by atoms with Crippen molar-refractivity contribution >= 4 is 27.3 Å². The Morgan fingerprint density at radius 1 is 0.939 bits per heavy atom. The highest BCUT2D eigenvalue weighted by Gasteiger charge is 2.29. The van der Waals surface area contributed by atoms with Gasteiger partial charge < -0.3 is 14.8 Å². The van der Waals surface area contributed by atoms with E-state index in [1.807, 2.05) is 6.92 Å². The number of fused-ring (bicyclic) bond motifs is 2. The van der Waals surface area contributed by atoms with Gasteiger partial charge in [0.2, 0.25) is 0 Å².